The summed E-state index contributed by atoms with van der Waals surface area (Å²) in [5.41, 5.74) is 0.534. The topological polar surface area (TPSA) is 44.2 Å². The van der Waals surface area contributed by atoms with Crippen LogP contribution in [0.5, 0.6) is 0 Å². The summed E-state index contributed by atoms with van der Waals surface area (Å²) in [6.07, 6.45) is 5.10. The van der Waals surface area contributed by atoms with Crippen molar-refractivity contribution in [2.75, 3.05) is 20.3 Å². The molecule has 0 saturated carbocycles. The van der Waals surface area contributed by atoms with Crippen LogP contribution in [0.4, 0.5) is 0 Å². The van der Waals surface area contributed by atoms with E-state index in [1.165, 1.54) is 0 Å². The molecule has 16 heavy (non-hydrogen) atoms. The van der Waals surface area contributed by atoms with Crippen LogP contribution in [0.15, 0.2) is 12.4 Å². The van der Waals surface area contributed by atoms with Gasteiger partial charge in [-0.25, -0.2) is 9.97 Å². The summed E-state index contributed by atoms with van der Waals surface area (Å²) in [5.74, 6) is 1.16. The van der Waals surface area contributed by atoms with Gasteiger partial charge in [-0.05, 0) is 0 Å². The molecular weight excluding hydrogens is 228 g/mol. The first kappa shape index (κ1) is 11.8. The molecule has 0 aliphatic carbocycles. The van der Waals surface area contributed by atoms with Crippen molar-refractivity contribution in [1.29, 1.82) is 0 Å². The lowest BCUT2D eigenvalue weighted by atomic mass is 9.93. The molecule has 0 spiro atoms. The lowest BCUT2D eigenvalue weighted by molar-refractivity contribution is -0.1000. The second-order valence-corrected chi connectivity index (χ2v) is 4.13. The normalized spacial score (nSPS) is 19.6. The van der Waals surface area contributed by atoms with Crippen molar-refractivity contribution in [3.05, 3.63) is 23.8 Å². The highest BCUT2D eigenvalue weighted by atomic mass is 35.5. The molecular formula is C11H15ClN2O2. The van der Waals surface area contributed by atoms with E-state index in [1.807, 2.05) is 0 Å². The molecule has 4 nitrogen and oxygen atoms in total. The predicted molar refractivity (Wildman–Crippen MR) is 60.3 cm³/mol. The number of alkyl halides is 1. The van der Waals surface area contributed by atoms with Crippen molar-refractivity contribution in [3.8, 4) is 0 Å². The zero-order valence-corrected chi connectivity index (χ0v) is 10.0. The summed E-state index contributed by atoms with van der Waals surface area (Å²) in [4.78, 5) is 8.68. The molecule has 1 aromatic rings. The van der Waals surface area contributed by atoms with Crippen molar-refractivity contribution < 1.29 is 9.47 Å². The molecule has 0 atom stereocenters. The molecule has 2 heterocycles. The zero-order chi connectivity index (χ0) is 11.4. The molecule has 1 saturated heterocycles. The van der Waals surface area contributed by atoms with Crippen LogP contribution >= 0.6 is 11.6 Å². The van der Waals surface area contributed by atoms with Crippen molar-refractivity contribution in [3.63, 3.8) is 0 Å². The molecule has 2 rings (SSSR count). The van der Waals surface area contributed by atoms with Gasteiger partial charge in [0.05, 0.1) is 5.88 Å². The van der Waals surface area contributed by atoms with E-state index in [2.05, 4.69) is 9.97 Å². The standard InChI is InChI=1S/C11H15ClN2O2/c1-15-11(2-4-16-5-3-11)10-13-7-9(6-12)8-14-10/h7-8H,2-6H2,1H3. The monoisotopic (exact) mass is 242 g/mol. The Morgan fingerprint density at radius 1 is 1.38 bits per heavy atom. The Balaban J connectivity index is 2.24. The van der Waals surface area contributed by atoms with E-state index in [4.69, 9.17) is 21.1 Å². The Kier molecular flexibility index (Phi) is 3.74. The Labute approximate surface area is 99.9 Å². The predicted octanol–water partition coefficient (Wildman–Crippen LogP) is 1.87. The first-order valence-corrected chi connectivity index (χ1v) is 5.84. The Morgan fingerprint density at radius 2 is 2.00 bits per heavy atom. The molecule has 0 aromatic carbocycles. The van der Waals surface area contributed by atoms with Gasteiger partial charge in [-0.3, -0.25) is 0 Å². The van der Waals surface area contributed by atoms with Crippen LogP contribution in [0.25, 0.3) is 0 Å². The van der Waals surface area contributed by atoms with Gasteiger partial charge in [-0.1, -0.05) is 0 Å². The molecule has 0 N–H and O–H groups in total. The van der Waals surface area contributed by atoms with Crippen LogP contribution in [0, 0.1) is 0 Å². The minimum atomic E-state index is -0.386. The van der Waals surface area contributed by atoms with Gasteiger partial charge in [-0.2, -0.15) is 0 Å². The quantitative estimate of drug-likeness (QED) is 0.759. The average Bonchev–Trinajstić information content (AvgIpc) is 2.39. The fourth-order valence-electron chi connectivity index (χ4n) is 1.88. The molecule has 1 fully saturated rings. The van der Waals surface area contributed by atoms with Crippen LogP contribution in [-0.4, -0.2) is 30.3 Å². The van der Waals surface area contributed by atoms with Crippen molar-refractivity contribution in [2.45, 2.75) is 24.3 Å². The first-order chi connectivity index (χ1) is 7.80. The highest BCUT2D eigenvalue weighted by molar-refractivity contribution is 6.17. The number of nitrogens with zero attached hydrogens (tertiary/aromatic N) is 2. The third-order valence-corrected chi connectivity index (χ3v) is 3.27. The average molecular weight is 243 g/mol. The molecule has 1 aliphatic rings. The van der Waals surface area contributed by atoms with Gasteiger partial charge in [0.2, 0.25) is 0 Å². The van der Waals surface area contributed by atoms with Gasteiger partial charge in [0.1, 0.15) is 5.60 Å². The lowest BCUT2D eigenvalue weighted by Gasteiger charge is -2.34. The van der Waals surface area contributed by atoms with Gasteiger partial charge in [0.15, 0.2) is 5.82 Å². The number of aromatic nitrogens is 2. The zero-order valence-electron chi connectivity index (χ0n) is 9.28. The minimum Gasteiger partial charge on any atom is -0.381 e. The van der Waals surface area contributed by atoms with Gasteiger partial charge >= 0.3 is 0 Å². The molecule has 0 amide bonds. The third-order valence-electron chi connectivity index (χ3n) is 2.96. The van der Waals surface area contributed by atoms with Gasteiger partial charge < -0.3 is 9.47 Å². The highest BCUT2D eigenvalue weighted by Crippen LogP contribution is 2.32. The van der Waals surface area contributed by atoms with E-state index in [9.17, 15) is 0 Å². The van der Waals surface area contributed by atoms with Crippen LogP contribution in [0.3, 0.4) is 0 Å². The Bertz CT molecular complexity index is 336. The third kappa shape index (κ3) is 2.19. The number of hydrogen-bond donors (Lipinski definition) is 0. The molecule has 0 bridgehead atoms. The minimum absolute atomic E-state index is 0.386. The van der Waals surface area contributed by atoms with Crippen molar-refractivity contribution >= 4 is 11.6 Å². The van der Waals surface area contributed by atoms with E-state index in [1.54, 1.807) is 19.5 Å². The maximum atomic E-state index is 5.70. The number of hydrogen-bond acceptors (Lipinski definition) is 4. The van der Waals surface area contributed by atoms with Crippen LogP contribution in [-0.2, 0) is 21.0 Å². The summed E-state index contributed by atoms with van der Waals surface area (Å²) >= 11 is 5.70. The number of ether oxygens (including phenoxy) is 2. The van der Waals surface area contributed by atoms with Crippen LogP contribution in [0.2, 0.25) is 0 Å². The molecule has 88 valence electrons. The lowest BCUT2D eigenvalue weighted by Crippen LogP contribution is -2.37. The fourth-order valence-corrected chi connectivity index (χ4v) is 2.02. The summed E-state index contributed by atoms with van der Waals surface area (Å²) < 4.78 is 10.9. The van der Waals surface area contributed by atoms with Crippen molar-refractivity contribution in [1.82, 2.24) is 9.97 Å². The van der Waals surface area contributed by atoms with Gasteiger partial charge in [-0.15, -0.1) is 11.6 Å². The molecule has 0 unspecified atom stereocenters. The molecule has 5 heteroatoms. The van der Waals surface area contributed by atoms with E-state index in [0.29, 0.717) is 19.1 Å². The van der Waals surface area contributed by atoms with E-state index in [0.717, 1.165) is 24.2 Å². The summed E-state index contributed by atoms with van der Waals surface area (Å²) in [6.45, 7) is 1.38. The van der Waals surface area contributed by atoms with E-state index in [-0.39, 0.29) is 5.60 Å². The summed E-state index contributed by atoms with van der Waals surface area (Å²) in [5, 5.41) is 0. The van der Waals surface area contributed by atoms with Crippen molar-refractivity contribution in [2.24, 2.45) is 0 Å². The second kappa shape index (κ2) is 5.08. The number of rotatable bonds is 3. The van der Waals surface area contributed by atoms with E-state index < -0.39 is 0 Å². The summed E-state index contributed by atoms with van der Waals surface area (Å²) in [7, 11) is 1.70. The SMILES string of the molecule is COC1(c2ncc(CCl)cn2)CCOCC1. The number of halogens is 1. The largest absolute Gasteiger partial charge is 0.381 e. The highest BCUT2D eigenvalue weighted by Gasteiger charge is 2.37. The smallest absolute Gasteiger partial charge is 0.160 e. The Morgan fingerprint density at radius 3 is 2.50 bits per heavy atom. The number of methoxy groups -OCH3 is 1. The van der Waals surface area contributed by atoms with Crippen LogP contribution in [0.1, 0.15) is 24.2 Å². The maximum Gasteiger partial charge on any atom is 0.160 e. The fraction of sp³-hybridized carbons (Fsp3) is 0.636. The molecule has 0 radical (unpaired) electrons. The van der Waals surface area contributed by atoms with Crippen LogP contribution < -0.4 is 0 Å². The van der Waals surface area contributed by atoms with E-state index >= 15 is 0 Å². The molecule has 1 aliphatic heterocycles. The first-order valence-electron chi connectivity index (χ1n) is 5.31. The van der Waals surface area contributed by atoms with Gasteiger partial charge in [0.25, 0.3) is 0 Å². The van der Waals surface area contributed by atoms with Gasteiger partial charge in [0, 0.05) is 51.1 Å². The Hall–Kier alpha value is -0.710. The maximum absolute atomic E-state index is 5.70. The second-order valence-electron chi connectivity index (χ2n) is 3.86. The summed E-state index contributed by atoms with van der Waals surface area (Å²) in [6, 6.07) is 0. The molecule has 1 aromatic heterocycles.